The van der Waals surface area contributed by atoms with Crippen molar-refractivity contribution >= 4 is 37.3 Å². The Morgan fingerprint density at radius 1 is 1.06 bits per heavy atom. The standard InChI is InChI=1S/C25H35N3O6S2/c1-19-10-8-11-23(20(19)2)28(35(4,30)31)17-9-12-25(29)26-22-18-21(13-14-24(22)34-3)36(32,33)27-15-6-5-7-16-27/h8,10-11,13-14,18H,5-7,9,12,15-17H2,1-4H3,(H,26,29). The maximum absolute atomic E-state index is 13.1. The lowest BCUT2D eigenvalue weighted by Gasteiger charge is -2.26. The number of carbonyl (C=O) groups is 1. The van der Waals surface area contributed by atoms with E-state index in [-0.39, 0.29) is 35.9 Å². The van der Waals surface area contributed by atoms with Gasteiger partial charge in [0.25, 0.3) is 0 Å². The highest BCUT2D eigenvalue weighted by molar-refractivity contribution is 7.92. The summed E-state index contributed by atoms with van der Waals surface area (Å²) in [6.07, 6.45) is 4.13. The molecule has 0 atom stereocenters. The Balaban J connectivity index is 1.71. The first-order chi connectivity index (χ1) is 16.9. The minimum Gasteiger partial charge on any atom is -0.495 e. The van der Waals surface area contributed by atoms with Crippen LogP contribution < -0.4 is 14.4 Å². The number of rotatable bonds is 10. The normalized spacial score (nSPS) is 14.9. The van der Waals surface area contributed by atoms with Crippen molar-refractivity contribution in [1.29, 1.82) is 0 Å². The third-order valence-electron chi connectivity index (χ3n) is 6.41. The summed E-state index contributed by atoms with van der Waals surface area (Å²) in [7, 11) is -5.78. The third kappa shape index (κ3) is 6.57. The van der Waals surface area contributed by atoms with Crippen LogP contribution in [0.3, 0.4) is 0 Å². The third-order valence-corrected chi connectivity index (χ3v) is 9.48. The summed E-state index contributed by atoms with van der Waals surface area (Å²) < 4.78 is 59.1. The number of nitrogens with one attached hydrogen (secondary N) is 1. The van der Waals surface area contributed by atoms with E-state index in [9.17, 15) is 21.6 Å². The fourth-order valence-corrected chi connectivity index (χ4v) is 6.83. The Hall–Kier alpha value is -2.63. The van der Waals surface area contributed by atoms with Crippen LogP contribution >= 0.6 is 0 Å². The molecule has 0 spiro atoms. The quantitative estimate of drug-likeness (QED) is 0.495. The van der Waals surface area contributed by atoms with E-state index >= 15 is 0 Å². The maximum atomic E-state index is 13.1. The van der Waals surface area contributed by atoms with Gasteiger partial charge >= 0.3 is 0 Å². The van der Waals surface area contributed by atoms with Crippen molar-refractivity contribution in [2.75, 3.05) is 42.6 Å². The molecule has 9 nitrogen and oxygen atoms in total. The van der Waals surface area contributed by atoms with Crippen LogP contribution in [0.1, 0.15) is 43.2 Å². The van der Waals surface area contributed by atoms with Crippen molar-refractivity contribution in [1.82, 2.24) is 4.31 Å². The van der Waals surface area contributed by atoms with Gasteiger partial charge in [0.1, 0.15) is 5.75 Å². The van der Waals surface area contributed by atoms with Crippen molar-refractivity contribution in [3.05, 3.63) is 47.5 Å². The number of benzene rings is 2. The van der Waals surface area contributed by atoms with Crippen molar-refractivity contribution in [3.8, 4) is 5.75 Å². The second-order valence-corrected chi connectivity index (χ2v) is 12.9. The molecule has 1 fully saturated rings. The number of carbonyl (C=O) groups excluding carboxylic acids is 1. The van der Waals surface area contributed by atoms with Gasteiger partial charge in [-0.1, -0.05) is 18.6 Å². The molecule has 1 N–H and O–H groups in total. The summed E-state index contributed by atoms with van der Waals surface area (Å²) in [6.45, 7) is 4.88. The van der Waals surface area contributed by atoms with Gasteiger partial charge in [0, 0.05) is 26.1 Å². The molecule has 1 amide bonds. The van der Waals surface area contributed by atoms with E-state index in [0.717, 1.165) is 36.6 Å². The van der Waals surface area contributed by atoms with Gasteiger partial charge in [0.15, 0.2) is 0 Å². The van der Waals surface area contributed by atoms with Crippen LogP contribution in [0.5, 0.6) is 5.75 Å². The Labute approximate surface area is 214 Å². The molecule has 36 heavy (non-hydrogen) atoms. The van der Waals surface area contributed by atoms with E-state index in [4.69, 9.17) is 4.74 Å². The predicted molar refractivity (Wildman–Crippen MR) is 142 cm³/mol. The molecule has 198 valence electrons. The van der Waals surface area contributed by atoms with E-state index in [2.05, 4.69) is 5.32 Å². The van der Waals surface area contributed by atoms with E-state index in [1.54, 1.807) is 12.1 Å². The number of sulfonamides is 2. The molecule has 0 bridgehead atoms. The lowest BCUT2D eigenvalue weighted by atomic mass is 10.1. The highest BCUT2D eigenvalue weighted by Crippen LogP contribution is 2.30. The minimum absolute atomic E-state index is 0.0448. The van der Waals surface area contributed by atoms with Gasteiger partial charge in [-0.05, 0) is 68.5 Å². The Bertz CT molecular complexity index is 1300. The molecule has 2 aromatic rings. The molecule has 1 saturated heterocycles. The van der Waals surface area contributed by atoms with E-state index in [0.29, 0.717) is 24.5 Å². The number of ether oxygens (including phenoxy) is 1. The van der Waals surface area contributed by atoms with Crippen LogP contribution in [0.4, 0.5) is 11.4 Å². The molecule has 11 heteroatoms. The summed E-state index contributed by atoms with van der Waals surface area (Å²) in [6, 6.07) is 9.90. The average molecular weight is 538 g/mol. The molecule has 0 aliphatic carbocycles. The van der Waals surface area contributed by atoms with E-state index < -0.39 is 20.0 Å². The topological polar surface area (TPSA) is 113 Å². The van der Waals surface area contributed by atoms with Crippen molar-refractivity contribution in [3.63, 3.8) is 0 Å². The van der Waals surface area contributed by atoms with Gasteiger partial charge in [-0.3, -0.25) is 9.10 Å². The molecule has 0 radical (unpaired) electrons. The van der Waals surface area contributed by atoms with Crippen molar-refractivity contribution in [2.45, 2.75) is 50.8 Å². The summed E-state index contributed by atoms with van der Waals surface area (Å²) in [4.78, 5) is 12.8. The lowest BCUT2D eigenvalue weighted by molar-refractivity contribution is -0.116. The molecule has 0 aromatic heterocycles. The first-order valence-electron chi connectivity index (χ1n) is 12.0. The molecule has 1 aliphatic heterocycles. The number of nitrogens with zero attached hydrogens (tertiary/aromatic N) is 2. The number of methoxy groups -OCH3 is 1. The minimum atomic E-state index is -3.68. The molecular formula is C25H35N3O6S2. The first-order valence-corrected chi connectivity index (χ1v) is 15.3. The van der Waals surface area contributed by atoms with Crippen molar-refractivity contribution < 1.29 is 26.4 Å². The smallest absolute Gasteiger partial charge is 0.243 e. The second kappa shape index (κ2) is 11.6. The largest absolute Gasteiger partial charge is 0.495 e. The molecule has 1 heterocycles. The van der Waals surface area contributed by atoms with Crippen LogP contribution in [0, 0.1) is 13.8 Å². The zero-order valence-electron chi connectivity index (χ0n) is 21.3. The van der Waals surface area contributed by atoms with Gasteiger partial charge in [-0.25, -0.2) is 16.8 Å². The number of hydrogen-bond donors (Lipinski definition) is 1. The summed E-state index contributed by atoms with van der Waals surface area (Å²) >= 11 is 0. The molecular weight excluding hydrogens is 502 g/mol. The molecule has 0 unspecified atom stereocenters. The molecule has 2 aromatic carbocycles. The molecule has 0 saturated carbocycles. The molecule has 3 rings (SSSR count). The van der Waals surface area contributed by atoms with Crippen LogP contribution in [-0.2, 0) is 24.8 Å². The molecule has 1 aliphatic rings. The number of hydrogen-bond acceptors (Lipinski definition) is 6. The number of aryl methyl sites for hydroxylation is 1. The number of piperidine rings is 1. The highest BCUT2D eigenvalue weighted by atomic mass is 32.2. The SMILES string of the molecule is COc1ccc(S(=O)(=O)N2CCCCC2)cc1NC(=O)CCCN(c1cccc(C)c1C)S(C)(=O)=O. The summed E-state index contributed by atoms with van der Waals surface area (Å²) in [5.74, 6) is -0.0238. The van der Waals surface area contributed by atoms with Crippen molar-refractivity contribution in [2.24, 2.45) is 0 Å². The highest BCUT2D eigenvalue weighted by Gasteiger charge is 2.27. The summed E-state index contributed by atoms with van der Waals surface area (Å²) in [5, 5.41) is 2.73. The Kier molecular flexibility index (Phi) is 9.02. The Morgan fingerprint density at radius 3 is 2.39 bits per heavy atom. The number of amides is 1. The van der Waals surface area contributed by atoms with Crippen LogP contribution in [0.25, 0.3) is 0 Å². The Morgan fingerprint density at radius 2 is 1.75 bits per heavy atom. The van der Waals surface area contributed by atoms with Gasteiger partial charge in [0.05, 0.1) is 29.6 Å². The maximum Gasteiger partial charge on any atom is 0.243 e. The van der Waals surface area contributed by atoms with E-state index in [1.807, 2.05) is 19.9 Å². The zero-order valence-corrected chi connectivity index (χ0v) is 22.9. The second-order valence-electron chi connectivity index (χ2n) is 9.03. The monoisotopic (exact) mass is 537 g/mol. The zero-order chi connectivity index (χ0) is 26.5. The van der Waals surface area contributed by atoms with Crippen LogP contribution in [0.15, 0.2) is 41.3 Å². The van der Waals surface area contributed by atoms with Gasteiger partial charge in [-0.15, -0.1) is 0 Å². The predicted octanol–water partition coefficient (Wildman–Crippen LogP) is 3.67. The van der Waals surface area contributed by atoms with Gasteiger partial charge in [-0.2, -0.15) is 4.31 Å². The first kappa shape index (κ1) is 27.9. The summed E-state index contributed by atoms with van der Waals surface area (Å²) in [5.41, 5.74) is 2.69. The lowest BCUT2D eigenvalue weighted by Crippen LogP contribution is -2.35. The van der Waals surface area contributed by atoms with Crippen LogP contribution in [-0.4, -0.2) is 60.0 Å². The fourth-order valence-electron chi connectivity index (χ4n) is 4.27. The average Bonchev–Trinajstić information content (AvgIpc) is 2.83. The number of anilines is 2. The van der Waals surface area contributed by atoms with Gasteiger partial charge < -0.3 is 10.1 Å². The fraction of sp³-hybridized carbons (Fsp3) is 0.480. The van der Waals surface area contributed by atoms with Crippen LogP contribution in [0.2, 0.25) is 0 Å². The van der Waals surface area contributed by atoms with Gasteiger partial charge in [0.2, 0.25) is 26.0 Å². The van der Waals surface area contributed by atoms with E-state index in [1.165, 1.54) is 33.9 Å².